The predicted molar refractivity (Wildman–Crippen MR) is 112 cm³/mol. The molecule has 3 aliphatic rings. The van der Waals surface area contributed by atoms with Crippen LogP contribution in [0, 0.1) is 5.92 Å². The molecule has 6 heteroatoms. The van der Waals surface area contributed by atoms with Gasteiger partial charge in [-0.2, -0.15) is 13.2 Å². The lowest BCUT2D eigenvalue weighted by molar-refractivity contribution is -0.140. The van der Waals surface area contributed by atoms with E-state index in [4.69, 9.17) is 0 Å². The molecule has 1 aromatic rings. The molecular formula is C24H35F3N2O. The van der Waals surface area contributed by atoms with Crippen LogP contribution in [0.15, 0.2) is 24.3 Å². The van der Waals surface area contributed by atoms with Crippen LogP contribution in [0.4, 0.5) is 13.2 Å². The molecule has 4 rings (SSSR count). The third kappa shape index (κ3) is 4.56. The highest BCUT2D eigenvalue weighted by molar-refractivity contribution is 5.31. The molecule has 1 aromatic carbocycles. The lowest BCUT2D eigenvalue weighted by atomic mass is 9.69. The molecule has 1 N–H and O–H groups in total. The molecule has 0 spiro atoms. The number of hydrogen-bond donors (Lipinski definition) is 1. The summed E-state index contributed by atoms with van der Waals surface area (Å²) in [6, 6.07) is 5.47. The summed E-state index contributed by atoms with van der Waals surface area (Å²) in [6.45, 7) is 4.10. The average molecular weight is 425 g/mol. The van der Waals surface area contributed by atoms with Gasteiger partial charge in [0.05, 0.1) is 17.3 Å². The Kier molecular flexibility index (Phi) is 6.76. The summed E-state index contributed by atoms with van der Waals surface area (Å²) < 4.78 is 40.2. The molecule has 3 nitrogen and oxygen atoms in total. The van der Waals surface area contributed by atoms with Crippen molar-refractivity contribution in [1.82, 2.24) is 9.80 Å². The van der Waals surface area contributed by atoms with Crippen molar-refractivity contribution >= 4 is 0 Å². The van der Waals surface area contributed by atoms with E-state index in [1.165, 1.54) is 50.7 Å². The summed E-state index contributed by atoms with van der Waals surface area (Å²) >= 11 is 0. The normalized spacial score (nSPS) is 30.0. The van der Waals surface area contributed by atoms with Gasteiger partial charge >= 0.3 is 6.18 Å². The molecule has 0 bridgehead atoms. The third-order valence-electron chi connectivity index (χ3n) is 7.52. The van der Waals surface area contributed by atoms with E-state index < -0.39 is 17.3 Å². The maximum absolute atomic E-state index is 13.4. The Labute approximate surface area is 178 Å². The first-order valence-corrected chi connectivity index (χ1v) is 11.8. The minimum absolute atomic E-state index is 0.0640. The molecule has 30 heavy (non-hydrogen) atoms. The Bertz CT molecular complexity index is 680. The largest absolute Gasteiger partial charge is 0.416 e. The maximum Gasteiger partial charge on any atom is 0.416 e. The lowest BCUT2D eigenvalue weighted by Gasteiger charge is -2.53. The molecule has 2 atom stereocenters. The first-order chi connectivity index (χ1) is 14.4. The maximum atomic E-state index is 13.4. The van der Waals surface area contributed by atoms with Crippen molar-refractivity contribution in [2.45, 2.75) is 82.2 Å². The Morgan fingerprint density at radius 1 is 0.867 bits per heavy atom. The van der Waals surface area contributed by atoms with Gasteiger partial charge in [-0.1, -0.05) is 37.8 Å². The third-order valence-corrected chi connectivity index (χ3v) is 7.52. The molecule has 1 saturated carbocycles. The zero-order chi connectivity index (χ0) is 21.2. The highest BCUT2D eigenvalue weighted by Crippen LogP contribution is 2.47. The van der Waals surface area contributed by atoms with Gasteiger partial charge in [-0.25, -0.2) is 0 Å². The number of benzene rings is 1. The van der Waals surface area contributed by atoms with E-state index in [0.717, 1.165) is 51.5 Å². The quantitative estimate of drug-likeness (QED) is 0.703. The Hall–Kier alpha value is -1.11. The van der Waals surface area contributed by atoms with E-state index in [2.05, 4.69) is 9.80 Å². The topological polar surface area (TPSA) is 26.7 Å². The second kappa shape index (κ2) is 9.17. The molecule has 2 heterocycles. The minimum Gasteiger partial charge on any atom is -0.385 e. The smallest absolute Gasteiger partial charge is 0.385 e. The highest BCUT2D eigenvalue weighted by Gasteiger charge is 2.48. The molecule has 2 unspecified atom stereocenters. The lowest BCUT2D eigenvalue weighted by Crippen LogP contribution is -2.60. The zero-order valence-electron chi connectivity index (χ0n) is 17.8. The van der Waals surface area contributed by atoms with Crippen LogP contribution in [0.5, 0.6) is 0 Å². The van der Waals surface area contributed by atoms with Crippen LogP contribution in [0.2, 0.25) is 0 Å². The fourth-order valence-electron chi connectivity index (χ4n) is 6.01. The Balaban J connectivity index is 1.70. The van der Waals surface area contributed by atoms with Crippen molar-refractivity contribution in [3.05, 3.63) is 35.4 Å². The molecule has 0 radical (unpaired) electrons. The van der Waals surface area contributed by atoms with E-state index in [9.17, 15) is 18.3 Å². The van der Waals surface area contributed by atoms with Gasteiger partial charge in [0.1, 0.15) is 0 Å². The van der Waals surface area contributed by atoms with Crippen LogP contribution in [-0.2, 0) is 11.8 Å². The number of aliphatic hydroxyl groups is 1. The number of nitrogens with zero attached hydrogens (tertiary/aromatic N) is 2. The summed E-state index contributed by atoms with van der Waals surface area (Å²) in [7, 11) is 0. The molecule has 1 aliphatic carbocycles. The van der Waals surface area contributed by atoms with Crippen LogP contribution in [0.1, 0.15) is 75.3 Å². The van der Waals surface area contributed by atoms with E-state index in [0.29, 0.717) is 12.0 Å². The van der Waals surface area contributed by atoms with Gasteiger partial charge in [-0.3, -0.25) is 9.80 Å². The van der Waals surface area contributed by atoms with Gasteiger partial charge in [0.15, 0.2) is 0 Å². The standard InChI is InChI=1S/C24H35F3N2O/c25-24(26,27)20-11-9-10-19(18-20)23(30)13-4-3-12-21(23)22(28-14-5-1-6-15-28)29-16-7-2-8-17-29/h9-11,18,21-22,30H,1-8,12-17H2. The molecular weight excluding hydrogens is 389 g/mol. The van der Waals surface area contributed by atoms with Crippen LogP contribution in [0.25, 0.3) is 0 Å². The molecule has 168 valence electrons. The van der Waals surface area contributed by atoms with Crippen molar-refractivity contribution in [3.63, 3.8) is 0 Å². The van der Waals surface area contributed by atoms with Crippen molar-refractivity contribution in [2.75, 3.05) is 26.2 Å². The van der Waals surface area contributed by atoms with Gasteiger partial charge in [-0.15, -0.1) is 0 Å². The number of halogens is 3. The van der Waals surface area contributed by atoms with Gasteiger partial charge in [0.25, 0.3) is 0 Å². The predicted octanol–water partition coefficient (Wildman–Crippen LogP) is 5.38. The summed E-state index contributed by atoms with van der Waals surface area (Å²) in [6.07, 6.45) is 6.16. The van der Waals surface area contributed by atoms with Crippen molar-refractivity contribution in [1.29, 1.82) is 0 Å². The SMILES string of the molecule is OC1(c2cccc(C(F)(F)F)c2)CCCCC1C(N1CCCCC1)N1CCCCC1. The molecule has 3 fully saturated rings. The average Bonchev–Trinajstić information content (AvgIpc) is 2.76. The van der Waals surface area contributed by atoms with E-state index in [1.54, 1.807) is 6.07 Å². The number of likely N-dealkylation sites (tertiary alicyclic amines) is 2. The Morgan fingerprint density at radius 2 is 1.47 bits per heavy atom. The highest BCUT2D eigenvalue weighted by atomic mass is 19.4. The summed E-state index contributed by atoms with van der Waals surface area (Å²) in [5.41, 5.74) is -1.43. The van der Waals surface area contributed by atoms with Gasteiger partial charge in [-0.05, 0) is 82.4 Å². The fourth-order valence-corrected chi connectivity index (χ4v) is 6.01. The van der Waals surface area contributed by atoms with Gasteiger partial charge < -0.3 is 5.11 Å². The van der Waals surface area contributed by atoms with Crippen molar-refractivity contribution in [3.8, 4) is 0 Å². The Morgan fingerprint density at radius 3 is 2.03 bits per heavy atom. The van der Waals surface area contributed by atoms with E-state index in [1.807, 2.05) is 0 Å². The first kappa shape index (κ1) is 22.1. The van der Waals surface area contributed by atoms with Gasteiger partial charge in [0.2, 0.25) is 0 Å². The van der Waals surface area contributed by atoms with E-state index >= 15 is 0 Å². The van der Waals surface area contributed by atoms with Crippen LogP contribution >= 0.6 is 0 Å². The van der Waals surface area contributed by atoms with Gasteiger partial charge in [0, 0.05) is 5.92 Å². The summed E-state index contributed by atoms with van der Waals surface area (Å²) in [4.78, 5) is 5.06. The molecule has 0 amide bonds. The number of piperidine rings is 2. The monoisotopic (exact) mass is 424 g/mol. The molecule has 0 aromatic heterocycles. The van der Waals surface area contributed by atoms with Crippen molar-refractivity contribution < 1.29 is 18.3 Å². The zero-order valence-corrected chi connectivity index (χ0v) is 17.8. The second-order valence-corrected chi connectivity index (χ2v) is 9.46. The van der Waals surface area contributed by atoms with Crippen molar-refractivity contribution in [2.24, 2.45) is 5.92 Å². The summed E-state index contributed by atoms with van der Waals surface area (Å²) in [5.74, 6) is -0.0640. The number of hydrogen-bond acceptors (Lipinski definition) is 3. The summed E-state index contributed by atoms with van der Waals surface area (Å²) in [5, 5.41) is 12.0. The van der Waals surface area contributed by atoms with E-state index in [-0.39, 0.29) is 12.1 Å². The molecule has 2 aliphatic heterocycles. The fraction of sp³-hybridized carbons (Fsp3) is 0.750. The number of alkyl halides is 3. The van der Waals surface area contributed by atoms with Crippen LogP contribution in [0.3, 0.4) is 0 Å². The molecule has 2 saturated heterocycles. The van der Waals surface area contributed by atoms with Crippen LogP contribution in [-0.4, -0.2) is 47.3 Å². The number of rotatable bonds is 4. The first-order valence-electron chi connectivity index (χ1n) is 11.8. The second-order valence-electron chi connectivity index (χ2n) is 9.46. The minimum atomic E-state index is -4.39. The van der Waals surface area contributed by atoms with Crippen LogP contribution < -0.4 is 0 Å².